The highest BCUT2D eigenvalue weighted by atomic mass is 16.5. The number of anilines is 1. The number of unbranched alkanes of at least 4 members (excludes halogenated alkanes) is 10. The monoisotopic (exact) mass is 727 g/mol. The van der Waals surface area contributed by atoms with Gasteiger partial charge in [0.1, 0.15) is 17.2 Å². The van der Waals surface area contributed by atoms with Gasteiger partial charge in [0.2, 0.25) is 0 Å². The number of nitrogens with one attached hydrogen (secondary N) is 1. The molecule has 0 unspecified atom stereocenters. The fourth-order valence-corrected chi connectivity index (χ4v) is 5.26. The number of hydrogen-bond acceptors (Lipinski definition) is 9. The maximum atomic E-state index is 12.9. The predicted octanol–water partition coefficient (Wildman–Crippen LogP) is 9.36. The lowest BCUT2D eigenvalue weighted by Gasteiger charge is -2.12. The minimum Gasteiger partial charge on any atom is -0.494 e. The third kappa shape index (κ3) is 17.1. The Hall–Kier alpha value is -5.38. The lowest BCUT2D eigenvalue weighted by molar-refractivity contribution is -0.138. The van der Waals surface area contributed by atoms with E-state index in [9.17, 15) is 19.2 Å². The van der Waals surface area contributed by atoms with Crippen molar-refractivity contribution < 1.29 is 42.9 Å². The summed E-state index contributed by atoms with van der Waals surface area (Å²) < 4.78 is 27.2. The van der Waals surface area contributed by atoms with E-state index in [1.807, 2.05) is 6.92 Å². The second-order valence-electron chi connectivity index (χ2n) is 12.6. The van der Waals surface area contributed by atoms with E-state index in [0.717, 1.165) is 82.6 Å². The van der Waals surface area contributed by atoms with E-state index in [-0.39, 0.29) is 17.8 Å². The largest absolute Gasteiger partial charge is 0.494 e. The topological polar surface area (TPSA) is 126 Å². The Bertz CT molecular complexity index is 1600. The summed E-state index contributed by atoms with van der Waals surface area (Å²) in [6.45, 7) is 10.6. The molecule has 1 amide bonds. The molecule has 3 aromatic carbocycles. The first kappa shape index (κ1) is 42.0. The number of amides is 1. The number of benzene rings is 3. The average Bonchev–Trinajstić information content (AvgIpc) is 3.17. The van der Waals surface area contributed by atoms with E-state index in [0.29, 0.717) is 60.5 Å². The van der Waals surface area contributed by atoms with Gasteiger partial charge in [-0.05, 0) is 105 Å². The van der Waals surface area contributed by atoms with Gasteiger partial charge in [0.05, 0.1) is 32.0 Å². The quantitative estimate of drug-likeness (QED) is 0.0373. The molecule has 0 radical (unpaired) electrons. The molecule has 53 heavy (non-hydrogen) atoms. The zero-order valence-corrected chi connectivity index (χ0v) is 30.9. The van der Waals surface area contributed by atoms with Crippen molar-refractivity contribution in [3.8, 4) is 17.2 Å². The van der Waals surface area contributed by atoms with Crippen LogP contribution in [-0.4, -0.2) is 50.2 Å². The van der Waals surface area contributed by atoms with Crippen molar-refractivity contribution in [2.24, 2.45) is 0 Å². The number of carbonyl (C=O) groups excluding carboxylic acids is 4. The van der Waals surface area contributed by atoms with Crippen molar-refractivity contribution in [3.05, 3.63) is 109 Å². The zero-order chi connectivity index (χ0) is 38.1. The SMILES string of the molecule is C=CC(=O)OCCCCCCCCOc1ccc(C(=O)Nc2ccc(OC(=O)c3ccc(OCCCCCCCCOC(=O)C=C)cc3)cc2C)cc1. The van der Waals surface area contributed by atoms with Gasteiger partial charge >= 0.3 is 17.9 Å². The summed E-state index contributed by atoms with van der Waals surface area (Å²) in [5.41, 5.74) is 2.25. The fourth-order valence-electron chi connectivity index (χ4n) is 5.26. The standard InChI is InChI=1S/C43H53NO9/c1-4-40(45)51-30-16-12-8-6-10-14-28-49-36-22-18-34(19-23-36)42(47)44-39-27-26-38(32-33(39)3)53-43(48)35-20-24-37(25-21-35)50-29-15-11-7-9-13-17-31-52-41(46)5-2/h4-5,18-27,32H,1-2,6-17,28-31H2,3H3,(H,44,47). The molecule has 0 atom stereocenters. The van der Waals surface area contributed by atoms with E-state index in [1.165, 1.54) is 12.2 Å². The van der Waals surface area contributed by atoms with Crippen LogP contribution in [0.5, 0.6) is 17.2 Å². The van der Waals surface area contributed by atoms with Gasteiger partial charge in [-0.1, -0.05) is 64.5 Å². The second-order valence-corrected chi connectivity index (χ2v) is 12.6. The summed E-state index contributed by atoms with van der Waals surface area (Å²) >= 11 is 0. The van der Waals surface area contributed by atoms with Crippen LogP contribution in [0.1, 0.15) is 103 Å². The highest BCUT2D eigenvalue weighted by Crippen LogP contribution is 2.24. The highest BCUT2D eigenvalue weighted by Gasteiger charge is 2.13. The van der Waals surface area contributed by atoms with Gasteiger partial charge in [-0.3, -0.25) is 4.79 Å². The first-order valence-corrected chi connectivity index (χ1v) is 18.5. The van der Waals surface area contributed by atoms with Crippen molar-refractivity contribution in [2.45, 2.75) is 84.0 Å². The number of aryl methyl sites for hydroxylation is 1. The van der Waals surface area contributed by atoms with Gasteiger partial charge in [-0.2, -0.15) is 0 Å². The predicted molar refractivity (Wildman–Crippen MR) is 206 cm³/mol. The number of rotatable bonds is 26. The van der Waals surface area contributed by atoms with E-state index in [4.69, 9.17) is 23.7 Å². The summed E-state index contributed by atoms with van der Waals surface area (Å²) in [5.74, 6) is 0.261. The number of carbonyl (C=O) groups is 4. The molecular weight excluding hydrogens is 674 g/mol. The van der Waals surface area contributed by atoms with Crippen LogP contribution in [0.3, 0.4) is 0 Å². The Kier molecular flexibility index (Phi) is 19.6. The minimum absolute atomic E-state index is 0.258. The Morgan fingerprint density at radius 2 is 0.962 bits per heavy atom. The van der Waals surface area contributed by atoms with Gasteiger partial charge in [0.15, 0.2) is 0 Å². The molecule has 0 bridgehead atoms. The third-order valence-corrected chi connectivity index (χ3v) is 8.30. The van der Waals surface area contributed by atoms with E-state index >= 15 is 0 Å². The molecule has 3 rings (SSSR count). The van der Waals surface area contributed by atoms with Crippen molar-refractivity contribution in [1.29, 1.82) is 0 Å². The minimum atomic E-state index is -0.491. The van der Waals surface area contributed by atoms with Gasteiger partial charge in [0, 0.05) is 23.4 Å². The highest BCUT2D eigenvalue weighted by molar-refractivity contribution is 6.04. The molecule has 0 aliphatic heterocycles. The maximum absolute atomic E-state index is 12.9. The lowest BCUT2D eigenvalue weighted by atomic mass is 10.1. The number of hydrogen-bond donors (Lipinski definition) is 1. The lowest BCUT2D eigenvalue weighted by Crippen LogP contribution is -2.13. The molecular formula is C43H53NO9. The molecule has 10 nitrogen and oxygen atoms in total. The number of esters is 3. The van der Waals surface area contributed by atoms with Gasteiger partial charge in [-0.15, -0.1) is 0 Å². The van der Waals surface area contributed by atoms with Crippen LogP contribution in [0.25, 0.3) is 0 Å². The van der Waals surface area contributed by atoms with E-state index in [1.54, 1.807) is 66.7 Å². The number of ether oxygens (including phenoxy) is 5. The van der Waals surface area contributed by atoms with Gasteiger partial charge in [-0.25, -0.2) is 14.4 Å². The molecule has 10 heteroatoms. The zero-order valence-electron chi connectivity index (χ0n) is 30.9. The van der Waals surface area contributed by atoms with E-state index < -0.39 is 5.97 Å². The van der Waals surface area contributed by atoms with Crippen molar-refractivity contribution in [1.82, 2.24) is 0 Å². The Balaban J connectivity index is 1.30. The molecule has 0 aromatic heterocycles. The molecule has 0 saturated heterocycles. The Morgan fingerprint density at radius 1 is 0.547 bits per heavy atom. The molecule has 0 heterocycles. The first-order valence-electron chi connectivity index (χ1n) is 18.5. The summed E-state index contributed by atoms with van der Waals surface area (Å²) in [7, 11) is 0. The van der Waals surface area contributed by atoms with Crippen molar-refractivity contribution in [2.75, 3.05) is 31.7 Å². The van der Waals surface area contributed by atoms with Crippen LogP contribution in [0.4, 0.5) is 5.69 Å². The van der Waals surface area contributed by atoms with Crippen LogP contribution in [0, 0.1) is 6.92 Å². The van der Waals surface area contributed by atoms with Crippen molar-refractivity contribution in [3.63, 3.8) is 0 Å². The first-order chi connectivity index (χ1) is 25.8. The summed E-state index contributed by atoms with van der Waals surface area (Å²) in [6, 6.07) is 18.9. The molecule has 0 aliphatic carbocycles. The Labute approximate surface area is 313 Å². The van der Waals surface area contributed by atoms with Gasteiger partial charge in [0.25, 0.3) is 5.91 Å². The van der Waals surface area contributed by atoms with Crippen LogP contribution in [0.2, 0.25) is 0 Å². The smallest absolute Gasteiger partial charge is 0.343 e. The summed E-state index contributed by atoms with van der Waals surface area (Å²) in [5, 5.41) is 2.92. The van der Waals surface area contributed by atoms with Crippen LogP contribution in [0.15, 0.2) is 92.0 Å². The molecule has 0 saturated carbocycles. The van der Waals surface area contributed by atoms with Crippen molar-refractivity contribution >= 4 is 29.5 Å². The molecule has 1 N–H and O–H groups in total. The van der Waals surface area contributed by atoms with E-state index in [2.05, 4.69) is 18.5 Å². The molecule has 0 fully saturated rings. The summed E-state index contributed by atoms with van der Waals surface area (Å²) in [4.78, 5) is 47.7. The van der Waals surface area contributed by atoms with Crippen LogP contribution < -0.4 is 19.5 Å². The molecule has 284 valence electrons. The molecule has 0 aliphatic rings. The second kappa shape index (κ2) is 24.7. The average molecular weight is 728 g/mol. The van der Waals surface area contributed by atoms with Crippen LogP contribution in [-0.2, 0) is 19.1 Å². The summed E-state index contributed by atoms with van der Waals surface area (Å²) in [6.07, 6.45) is 14.4. The Morgan fingerprint density at radius 3 is 1.42 bits per heavy atom. The maximum Gasteiger partial charge on any atom is 0.343 e. The van der Waals surface area contributed by atoms with Gasteiger partial charge < -0.3 is 29.0 Å². The molecule has 3 aromatic rings. The normalized spacial score (nSPS) is 10.5. The van der Waals surface area contributed by atoms with Crippen LogP contribution >= 0.6 is 0 Å². The fraction of sp³-hybridized carbons (Fsp3) is 0.395. The molecule has 0 spiro atoms. The third-order valence-electron chi connectivity index (χ3n) is 8.30.